The summed E-state index contributed by atoms with van der Waals surface area (Å²) in [6, 6.07) is 11.8. The van der Waals surface area contributed by atoms with Gasteiger partial charge in [0.15, 0.2) is 0 Å². The van der Waals surface area contributed by atoms with Gasteiger partial charge in [0.2, 0.25) is 5.95 Å². The molecule has 1 aliphatic rings. The molecule has 2 amide bonds. The number of nitrogens with zero attached hydrogens (tertiary/aromatic N) is 5. The highest BCUT2D eigenvalue weighted by Crippen LogP contribution is 2.23. The molecule has 3 N–H and O–H groups in total. The van der Waals surface area contributed by atoms with Gasteiger partial charge in [0.25, 0.3) is 0 Å². The Labute approximate surface area is 188 Å². The van der Waals surface area contributed by atoms with Crippen molar-refractivity contribution in [2.75, 3.05) is 18.9 Å². The molecule has 0 aliphatic carbocycles. The number of urea groups is 1. The topological polar surface area (TPSA) is 100 Å². The highest BCUT2D eigenvalue weighted by atomic mass is 16.2. The lowest BCUT2D eigenvalue weighted by Gasteiger charge is -2.35. The van der Waals surface area contributed by atoms with Crippen LogP contribution in [0.25, 0.3) is 0 Å². The number of anilines is 1. The molecule has 0 radical (unpaired) electrons. The maximum atomic E-state index is 13.2. The summed E-state index contributed by atoms with van der Waals surface area (Å²) in [6.07, 6.45) is 4.49. The van der Waals surface area contributed by atoms with E-state index in [1.54, 1.807) is 4.68 Å². The molecule has 0 saturated heterocycles. The lowest BCUT2D eigenvalue weighted by molar-refractivity contribution is 0.163. The Morgan fingerprint density at radius 3 is 2.78 bits per heavy atom. The van der Waals surface area contributed by atoms with Crippen molar-refractivity contribution >= 4 is 12.0 Å². The van der Waals surface area contributed by atoms with E-state index in [2.05, 4.69) is 37.9 Å². The van der Waals surface area contributed by atoms with Crippen molar-refractivity contribution in [1.82, 2.24) is 35.3 Å². The van der Waals surface area contributed by atoms with Crippen molar-refractivity contribution in [3.8, 4) is 0 Å². The molecular weight excluding hydrogens is 404 g/mol. The first kappa shape index (κ1) is 21.8. The summed E-state index contributed by atoms with van der Waals surface area (Å²) in [7, 11) is 3.77. The van der Waals surface area contributed by atoms with Gasteiger partial charge in [0, 0.05) is 32.0 Å². The van der Waals surface area contributed by atoms with Gasteiger partial charge in [-0.2, -0.15) is 5.10 Å². The smallest absolute Gasteiger partial charge is 0.318 e. The van der Waals surface area contributed by atoms with Crippen molar-refractivity contribution in [3.63, 3.8) is 0 Å². The van der Waals surface area contributed by atoms with Gasteiger partial charge in [-0.3, -0.25) is 4.68 Å². The van der Waals surface area contributed by atoms with Crippen LogP contribution in [0.3, 0.4) is 0 Å². The monoisotopic (exact) mass is 434 g/mol. The number of fused-ring (bicyclic) bond motifs is 1. The highest BCUT2D eigenvalue weighted by molar-refractivity contribution is 5.75. The average molecular weight is 435 g/mol. The number of carbonyl (C=O) groups is 1. The van der Waals surface area contributed by atoms with E-state index >= 15 is 0 Å². The fourth-order valence-electron chi connectivity index (χ4n) is 3.95. The Morgan fingerprint density at radius 2 is 2.06 bits per heavy atom. The number of benzene rings is 1. The van der Waals surface area contributed by atoms with Crippen LogP contribution in [0.4, 0.5) is 10.7 Å². The van der Waals surface area contributed by atoms with Crippen molar-refractivity contribution < 1.29 is 4.79 Å². The molecule has 2 atom stereocenters. The number of amides is 2. The highest BCUT2D eigenvalue weighted by Gasteiger charge is 2.29. The van der Waals surface area contributed by atoms with Crippen LogP contribution in [0.2, 0.25) is 0 Å². The Bertz CT molecular complexity index is 1050. The lowest BCUT2D eigenvalue weighted by atomic mass is 10.0. The molecule has 0 saturated carbocycles. The molecule has 168 valence electrons. The maximum Gasteiger partial charge on any atom is 0.318 e. The van der Waals surface area contributed by atoms with E-state index in [1.807, 2.05) is 67.8 Å². The Kier molecular flexibility index (Phi) is 6.65. The molecule has 4 rings (SSSR count). The van der Waals surface area contributed by atoms with Gasteiger partial charge in [-0.1, -0.05) is 30.3 Å². The van der Waals surface area contributed by atoms with Crippen molar-refractivity contribution in [2.24, 2.45) is 7.05 Å². The predicted octanol–water partition coefficient (Wildman–Crippen LogP) is 2.24. The van der Waals surface area contributed by atoms with E-state index in [9.17, 15) is 4.79 Å². The van der Waals surface area contributed by atoms with Crippen LogP contribution in [0.15, 0.2) is 48.8 Å². The third-order valence-electron chi connectivity index (χ3n) is 5.69. The fourth-order valence-corrected chi connectivity index (χ4v) is 3.95. The minimum absolute atomic E-state index is 0.0597. The second-order valence-electron chi connectivity index (χ2n) is 8.15. The molecule has 3 aromatic rings. The molecule has 0 fully saturated rings. The van der Waals surface area contributed by atoms with Crippen LogP contribution in [-0.4, -0.2) is 50.3 Å². The van der Waals surface area contributed by atoms with Gasteiger partial charge >= 0.3 is 6.03 Å². The Hall–Kier alpha value is -3.46. The van der Waals surface area contributed by atoms with Gasteiger partial charge in [0.1, 0.15) is 0 Å². The largest absolute Gasteiger partial charge is 0.348 e. The summed E-state index contributed by atoms with van der Waals surface area (Å²) < 4.78 is 1.76. The van der Waals surface area contributed by atoms with Crippen LogP contribution in [-0.2, 0) is 26.6 Å². The summed E-state index contributed by atoms with van der Waals surface area (Å²) in [5.74, 6) is 0.543. The number of aromatic nitrogens is 4. The van der Waals surface area contributed by atoms with E-state index in [0.29, 0.717) is 25.6 Å². The molecule has 1 aromatic carbocycles. The molecule has 2 aromatic heterocycles. The Morgan fingerprint density at radius 1 is 1.25 bits per heavy atom. The minimum atomic E-state index is -0.108. The van der Waals surface area contributed by atoms with Gasteiger partial charge in [0.05, 0.1) is 30.5 Å². The second kappa shape index (κ2) is 9.78. The molecule has 1 aliphatic heterocycles. The second-order valence-corrected chi connectivity index (χ2v) is 8.15. The number of hydrogen-bond acceptors (Lipinski definition) is 6. The number of nitrogens with one attached hydrogen (secondary N) is 3. The molecular formula is C23H30N8O. The normalized spacial score (nSPS) is 16.3. The first-order chi connectivity index (χ1) is 15.5. The molecule has 9 heteroatoms. The van der Waals surface area contributed by atoms with Crippen molar-refractivity contribution in [2.45, 2.75) is 38.5 Å². The van der Waals surface area contributed by atoms with Crippen LogP contribution >= 0.6 is 0 Å². The SMILES string of the molecule is CNC[C@@H](NC(=O)N1Cc2nc(NCc3ccn(C)n3)ncc2C[C@H]1C)c1ccccc1. The summed E-state index contributed by atoms with van der Waals surface area (Å²) in [5.41, 5.74) is 3.95. The van der Waals surface area contributed by atoms with Crippen molar-refractivity contribution in [1.29, 1.82) is 0 Å². The first-order valence-electron chi connectivity index (χ1n) is 10.9. The van der Waals surface area contributed by atoms with E-state index in [-0.39, 0.29) is 18.1 Å². The summed E-state index contributed by atoms with van der Waals surface area (Å²) >= 11 is 0. The van der Waals surface area contributed by atoms with Gasteiger partial charge in [-0.05, 0) is 37.6 Å². The molecule has 3 heterocycles. The Balaban J connectivity index is 1.44. The lowest BCUT2D eigenvalue weighted by Crippen LogP contribution is -2.49. The van der Waals surface area contributed by atoms with E-state index in [1.165, 1.54) is 0 Å². The third kappa shape index (κ3) is 5.05. The standard InChI is InChI=1S/C23H30N8O/c1-16-11-18-12-25-22(26-13-19-9-10-30(3)29-19)27-21(18)15-31(16)23(32)28-20(14-24-2)17-7-5-4-6-8-17/h4-10,12,16,20,24H,11,13-15H2,1-3H3,(H,28,32)(H,25,26,27)/t16-,20-/m1/s1. The third-order valence-corrected chi connectivity index (χ3v) is 5.69. The number of aryl methyl sites for hydroxylation is 1. The van der Waals surface area contributed by atoms with E-state index in [4.69, 9.17) is 0 Å². The van der Waals surface area contributed by atoms with Crippen LogP contribution < -0.4 is 16.0 Å². The van der Waals surface area contributed by atoms with Crippen LogP contribution in [0.5, 0.6) is 0 Å². The molecule has 9 nitrogen and oxygen atoms in total. The van der Waals surface area contributed by atoms with Crippen LogP contribution in [0.1, 0.15) is 35.5 Å². The quantitative estimate of drug-likeness (QED) is 0.527. The summed E-state index contributed by atoms with van der Waals surface area (Å²) in [4.78, 5) is 24.2. The van der Waals surface area contributed by atoms with E-state index < -0.39 is 0 Å². The van der Waals surface area contributed by atoms with Gasteiger partial charge in [-0.15, -0.1) is 0 Å². The zero-order chi connectivity index (χ0) is 22.5. The number of likely N-dealkylation sites (N-methyl/N-ethyl adjacent to an activating group) is 1. The number of hydrogen-bond donors (Lipinski definition) is 3. The fraction of sp³-hybridized carbons (Fsp3) is 0.391. The summed E-state index contributed by atoms with van der Waals surface area (Å²) in [5, 5.41) is 13.9. The number of rotatable bonds is 7. The van der Waals surface area contributed by atoms with E-state index in [0.717, 1.165) is 28.9 Å². The predicted molar refractivity (Wildman–Crippen MR) is 123 cm³/mol. The first-order valence-corrected chi connectivity index (χ1v) is 10.9. The van der Waals surface area contributed by atoms with Gasteiger partial charge in [-0.25, -0.2) is 14.8 Å². The maximum absolute atomic E-state index is 13.2. The molecule has 0 spiro atoms. The van der Waals surface area contributed by atoms with Crippen molar-refractivity contribution in [3.05, 3.63) is 71.3 Å². The van der Waals surface area contributed by atoms with Gasteiger partial charge < -0.3 is 20.9 Å². The summed E-state index contributed by atoms with van der Waals surface area (Å²) in [6.45, 7) is 3.71. The molecule has 32 heavy (non-hydrogen) atoms. The molecule has 0 bridgehead atoms. The zero-order valence-electron chi connectivity index (χ0n) is 18.7. The zero-order valence-corrected chi connectivity index (χ0v) is 18.7. The minimum Gasteiger partial charge on any atom is -0.348 e. The number of carbonyl (C=O) groups excluding carboxylic acids is 1. The van der Waals surface area contributed by atoms with Crippen LogP contribution in [0, 0.1) is 0 Å². The molecule has 0 unspecified atom stereocenters. The average Bonchev–Trinajstić information content (AvgIpc) is 3.22.